The van der Waals surface area contributed by atoms with Gasteiger partial charge in [-0.2, -0.15) is 0 Å². The van der Waals surface area contributed by atoms with E-state index in [9.17, 15) is 0 Å². The zero-order valence-corrected chi connectivity index (χ0v) is 15.9. The lowest BCUT2D eigenvalue weighted by atomic mass is 9.93. The monoisotopic (exact) mass is 371 g/mol. The van der Waals surface area contributed by atoms with Crippen molar-refractivity contribution in [2.75, 3.05) is 13.7 Å². The molecule has 0 amide bonds. The summed E-state index contributed by atoms with van der Waals surface area (Å²) in [4.78, 5) is 2.71. The first kappa shape index (κ1) is 18.3. The number of methoxy groups -OCH3 is 1. The van der Waals surface area contributed by atoms with Gasteiger partial charge in [0.15, 0.2) is 0 Å². The van der Waals surface area contributed by atoms with E-state index < -0.39 is 0 Å². The molecule has 3 rings (SSSR count). The molecule has 1 aromatic carbocycles. The second-order valence-electron chi connectivity index (χ2n) is 6.95. The van der Waals surface area contributed by atoms with Gasteiger partial charge < -0.3 is 9.47 Å². The molecule has 0 aromatic heterocycles. The van der Waals surface area contributed by atoms with E-state index in [2.05, 4.69) is 4.90 Å². The number of halogens is 2. The van der Waals surface area contributed by atoms with E-state index >= 15 is 0 Å². The maximum Gasteiger partial charge on any atom is 0.201 e. The Morgan fingerprint density at radius 1 is 1.04 bits per heavy atom. The summed E-state index contributed by atoms with van der Waals surface area (Å²) in [5, 5.41) is 1.16. The minimum atomic E-state index is -0.270. The summed E-state index contributed by atoms with van der Waals surface area (Å²) in [7, 11) is 1.71. The first-order valence-corrected chi connectivity index (χ1v) is 9.82. The third kappa shape index (κ3) is 4.78. The van der Waals surface area contributed by atoms with E-state index in [-0.39, 0.29) is 6.29 Å². The van der Waals surface area contributed by atoms with Crippen molar-refractivity contribution in [2.45, 2.75) is 69.7 Å². The van der Waals surface area contributed by atoms with Crippen molar-refractivity contribution >= 4 is 23.2 Å². The van der Waals surface area contributed by atoms with E-state index in [1.54, 1.807) is 25.3 Å². The molecule has 2 aliphatic rings. The van der Waals surface area contributed by atoms with Crippen molar-refractivity contribution in [2.24, 2.45) is 0 Å². The Hall–Kier alpha value is -0.480. The zero-order chi connectivity index (χ0) is 16.9. The largest absolute Gasteiger partial charge is 0.465 e. The van der Waals surface area contributed by atoms with Crippen LogP contribution in [-0.4, -0.2) is 36.9 Å². The quantitative estimate of drug-likeness (QED) is 0.613. The molecule has 3 nitrogen and oxygen atoms in total. The third-order valence-corrected chi connectivity index (χ3v) is 5.73. The summed E-state index contributed by atoms with van der Waals surface area (Å²) in [6.45, 7) is 1.22. The lowest BCUT2D eigenvalue weighted by Gasteiger charge is -2.36. The number of hydrogen-bond acceptors (Lipinski definition) is 3. The smallest absolute Gasteiger partial charge is 0.201 e. The van der Waals surface area contributed by atoms with Crippen LogP contribution in [0.2, 0.25) is 10.0 Å². The van der Waals surface area contributed by atoms with E-state index in [1.807, 2.05) is 0 Å². The lowest BCUT2D eigenvalue weighted by molar-refractivity contribution is -0.0728. The number of ether oxygens (including phenoxy) is 2. The minimum absolute atomic E-state index is 0.270. The molecule has 0 N–H and O–H groups in total. The van der Waals surface area contributed by atoms with Crippen LogP contribution in [0.4, 0.5) is 0 Å². The molecule has 134 valence electrons. The molecule has 1 aliphatic heterocycles. The maximum absolute atomic E-state index is 6.06. The van der Waals surface area contributed by atoms with Gasteiger partial charge in [-0.15, -0.1) is 0 Å². The zero-order valence-electron chi connectivity index (χ0n) is 14.3. The fourth-order valence-corrected chi connectivity index (χ4v) is 4.67. The number of nitrogens with zero attached hydrogens (tertiary/aromatic N) is 1. The molecule has 0 radical (unpaired) electrons. The Labute approximate surface area is 155 Å². The minimum Gasteiger partial charge on any atom is -0.465 e. The molecule has 1 saturated carbocycles. The molecule has 5 heteroatoms. The first-order valence-electron chi connectivity index (χ1n) is 9.07. The highest BCUT2D eigenvalue weighted by Gasteiger charge is 2.33. The first-order chi connectivity index (χ1) is 11.7. The molecular weight excluding hydrogens is 345 g/mol. The van der Waals surface area contributed by atoms with Gasteiger partial charge in [0.25, 0.3) is 0 Å². The summed E-state index contributed by atoms with van der Waals surface area (Å²) in [5.74, 6) is 0.668. The van der Waals surface area contributed by atoms with Crippen molar-refractivity contribution in [1.29, 1.82) is 0 Å². The van der Waals surface area contributed by atoms with E-state index in [4.69, 9.17) is 32.7 Å². The topological polar surface area (TPSA) is 21.7 Å². The third-order valence-electron chi connectivity index (χ3n) is 5.30. The highest BCUT2D eigenvalue weighted by atomic mass is 35.5. The van der Waals surface area contributed by atoms with Gasteiger partial charge in [0.1, 0.15) is 5.75 Å². The van der Waals surface area contributed by atoms with Crippen LogP contribution in [0, 0.1) is 0 Å². The normalized spacial score (nSPS) is 24.2. The van der Waals surface area contributed by atoms with Gasteiger partial charge in [-0.25, -0.2) is 0 Å². The molecule has 1 saturated heterocycles. The molecule has 0 bridgehead atoms. The number of rotatable bonds is 6. The van der Waals surface area contributed by atoms with Crippen molar-refractivity contribution in [3.05, 3.63) is 28.2 Å². The van der Waals surface area contributed by atoms with Gasteiger partial charge >= 0.3 is 0 Å². The summed E-state index contributed by atoms with van der Waals surface area (Å²) >= 11 is 12.1. The van der Waals surface area contributed by atoms with Crippen molar-refractivity contribution in [3.63, 3.8) is 0 Å². The molecule has 1 aromatic rings. The number of hydrogen-bond donors (Lipinski definition) is 0. The predicted molar refractivity (Wildman–Crippen MR) is 99.1 cm³/mol. The van der Waals surface area contributed by atoms with Crippen LogP contribution in [0.1, 0.15) is 51.4 Å². The number of benzene rings is 1. The molecule has 0 spiro atoms. The van der Waals surface area contributed by atoms with Crippen LogP contribution in [-0.2, 0) is 4.74 Å². The molecule has 1 heterocycles. The van der Waals surface area contributed by atoms with Crippen LogP contribution in [0.5, 0.6) is 5.75 Å². The second kappa shape index (κ2) is 8.75. The van der Waals surface area contributed by atoms with Crippen LogP contribution >= 0.6 is 23.2 Å². The highest BCUT2D eigenvalue weighted by molar-refractivity contribution is 6.34. The SMILES string of the molecule is COC(CC1CCCN1C1CCCCC1)Oc1cc(Cl)cc(Cl)c1. The van der Waals surface area contributed by atoms with Gasteiger partial charge in [0.2, 0.25) is 6.29 Å². The van der Waals surface area contributed by atoms with E-state index in [0.29, 0.717) is 21.8 Å². The lowest BCUT2D eigenvalue weighted by Crippen LogP contribution is -2.42. The van der Waals surface area contributed by atoms with Crippen molar-refractivity contribution < 1.29 is 9.47 Å². The van der Waals surface area contributed by atoms with Crippen LogP contribution in [0.15, 0.2) is 18.2 Å². The highest BCUT2D eigenvalue weighted by Crippen LogP contribution is 2.32. The van der Waals surface area contributed by atoms with Gasteiger partial charge in [0, 0.05) is 35.7 Å². The summed E-state index contributed by atoms with van der Waals surface area (Å²) in [6, 6.07) is 6.58. The Balaban J connectivity index is 1.61. The van der Waals surface area contributed by atoms with Crippen molar-refractivity contribution in [1.82, 2.24) is 4.90 Å². The Morgan fingerprint density at radius 2 is 1.75 bits per heavy atom. The van der Waals surface area contributed by atoms with Gasteiger partial charge in [-0.3, -0.25) is 4.90 Å². The molecule has 1 aliphatic carbocycles. The van der Waals surface area contributed by atoms with Crippen molar-refractivity contribution in [3.8, 4) is 5.75 Å². The number of likely N-dealkylation sites (tertiary alicyclic amines) is 1. The van der Waals surface area contributed by atoms with Crippen LogP contribution < -0.4 is 4.74 Å². The van der Waals surface area contributed by atoms with Gasteiger partial charge in [-0.05, 0) is 50.4 Å². The summed E-state index contributed by atoms with van der Waals surface area (Å²) in [5.41, 5.74) is 0. The summed E-state index contributed by atoms with van der Waals surface area (Å²) < 4.78 is 11.6. The van der Waals surface area contributed by atoms with E-state index in [1.165, 1.54) is 51.5 Å². The molecular formula is C19H27Cl2NO2. The molecule has 2 atom stereocenters. The van der Waals surface area contributed by atoms with Crippen LogP contribution in [0.3, 0.4) is 0 Å². The Bertz CT molecular complexity index is 514. The predicted octanol–water partition coefficient (Wildman–Crippen LogP) is 5.53. The van der Waals surface area contributed by atoms with Gasteiger partial charge in [-0.1, -0.05) is 42.5 Å². The molecule has 24 heavy (non-hydrogen) atoms. The van der Waals surface area contributed by atoms with E-state index in [0.717, 1.165) is 12.5 Å². The van der Waals surface area contributed by atoms with Crippen LogP contribution in [0.25, 0.3) is 0 Å². The summed E-state index contributed by atoms with van der Waals surface area (Å²) in [6.07, 6.45) is 9.96. The average molecular weight is 372 g/mol. The fourth-order valence-electron chi connectivity index (χ4n) is 4.17. The Morgan fingerprint density at radius 3 is 2.42 bits per heavy atom. The maximum atomic E-state index is 6.06. The van der Waals surface area contributed by atoms with Gasteiger partial charge in [0.05, 0.1) is 0 Å². The second-order valence-corrected chi connectivity index (χ2v) is 7.82. The molecule has 2 fully saturated rings. The standard InChI is InChI=1S/C19H27Cl2NO2/c1-23-19(24-18-11-14(20)10-15(21)12-18)13-17-8-5-9-22(17)16-6-3-2-4-7-16/h10-12,16-17,19H,2-9,13H2,1H3. The Kier molecular flexibility index (Phi) is 6.68. The molecule has 2 unspecified atom stereocenters. The fraction of sp³-hybridized carbons (Fsp3) is 0.684. The average Bonchev–Trinajstić information content (AvgIpc) is 3.02.